The van der Waals surface area contributed by atoms with Crippen molar-refractivity contribution in [3.63, 3.8) is 0 Å². The summed E-state index contributed by atoms with van der Waals surface area (Å²) >= 11 is 0. The lowest BCUT2D eigenvalue weighted by Crippen LogP contribution is -2.28. The molecule has 0 saturated heterocycles. The number of hydrogen-bond donors (Lipinski definition) is 3. The fourth-order valence-corrected chi connectivity index (χ4v) is 1.62. The largest absolute Gasteiger partial charge is 0.496 e. The van der Waals surface area contributed by atoms with Crippen molar-refractivity contribution in [2.24, 2.45) is 0 Å². The van der Waals surface area contributed by atoms with Crippen LogP contribution in [0.3, 0.4) is 0 Å². The summed E-state index contributed by atoms with van der Waals surface area (Å²) in [6, 6.07) is 4.83. The van der Waals surface area contributed by atoms with Crippen LogP contribution in [0.25, 0.3) is 0 Å². The number of ether oxygens (including phenoxy) is 2. The maximum Gasteiger partial charge on any atom is 0.255 e. The van der Waals surface area contributed by atoms with Crippen molar-refractivity contribution in [1.82, 2.24) is 5.32 Å². The first-order valence-corrected chi connectivity index (χ1v) is 5.97. The molecular formula is C13H20N2O4. The van der Waals surface area contributed by atoms with Gasteiger partial charge in [-0.05, 0) is 18.6 Å². The highest BCUT2D eigenvalue weighted by molar-refractivity contribution is 5.97. The average Bonchev–Trinajstić information content (AvgIpc) is 2.38. The monoisotopic (exact) mass is 268 g/mol. The van der Waals surface area contributed by atoms with E-state index < -0.39 is 6.10 Å². The van der Waals surface area contributed by atoms with Crippen LogP contribution in [0, 0.1) is 0 Å². The smallest absolute Gasteiger partial charge is 0.255 e. The summed E-state index contributed by atoms with van der Waals surface area (Å²) in [5.41, 5.74) is 6.56. The predicted octanol–water partition coefficient (Wildman–Crippen LogP) is 0.405. The number of amides is 1. The van der Waals surface area contributed by atoms with E-state index in [0.29, 0.717) is 30.0 Å². The third-order valence-corrected chi connectivity index (χ3v) is 2.59. The van der Waals surface area contributed by atoms with Crippen LogP contribution in [-0.2, 0) is 4.74 Å². The van der Waals surface area contributed by atoms with Crippen molar-refractivity contribution in [2.75, 3.05) is 33.1 Å². The van der Waals surface area contributed by atoms with Gasteiger partial charge in [0.2, 0.25) is 0 Å². The number of nitrogens with two attached hydrogens (primary N) is 1. The van der Waals surface area contributed by atoms with Gasteiger partial charge in [-0.15, -0.1) is 0 Å². The van der Waals surface area contributed by atoms with E-state index in [1.165, 1.54) is 14.2 Å². The molecule has 106 valence electrons. The van der Waals surface area contributed by atoms with Crippen LogP contribution in [-0.4, -0.2) is 44.5 Å². The molecule has 4 N–H and O–H groups in total. The molecule has 0 spiro atoms. The fraction of sp³-hybridized carbons (Fsp3) is 0.462. The topological polar surface area (TPSA) is 93.8 Å². The summed E-state index contributed by atoms with van der Waals surface area (Å²) in [5.74, 6) is 0.163. The fourth-order valence-electron chi connectivity index (χ4n) is 1.62. The van der Waals surface area contributed by atoms with E-state index in [-0.39, 0.29) is 12.5 Å². The van der Waals surface area contributed by atoms with Crippen molar-refractivity contribution in [1.29, 1.82) is 0 Å². The van der Waals surface area contributed by atoms with Gasteiger partial charge in [0.05, 0.1) is 25.4 Å². The molecule has 1 aromatic carbocycles. The Morgan fingerprint density at radius 2 is 2.21 bits per heavy atom. The minimum atomic E-state index is -0.585. The van der Waals surface area contributed by atoms with Gasteiger partial charge in [-0.3, -0.25) is 4.79 Å². The van der Waals surface area contributed by atoms with E-state index in [1.807, 2.05) is 0 Å². The Bertz CT molecular complexity index is 423. The summed E-state index contributed by atoms with van der Waals surface area (Å²) in [5, 5.41) is 12.2. The summed E-state index contributed by atoms with van der Waals surface area (Å²) in [7, 11) is 2.99. The van der Waals surface area contributed by atoms with Gasteiger partial charge in [0, 0.05) is 25.4 Å². The third-order valence-electron chi connectivity index (χ3n) is 2.59. The van der Waals surface area contributed by atoms with E-state index >= 15 is 0 Å². The van der Waals surface area contributed by atoms with Crippen LogP contribution in [0.2, 0.25) is 0 Å². The molecule has 6 nitrogen and oxygen atoms in total. The first-order chi connectivity index (χ1) is 9.08. The van der Waals surface area contributed by atoms with Crippen LogP contribution >= 0.6 is 0 Å². The van der Waals surface area contributed by atoms with E-state index in [9.17, 15) is 9.90 Å². The zero-order chi connectivity index (χ0) is 14.3. The number of benzene rings is 1. The zero-order valence-corrected chi connectivity index (χ0v) is 11.2. The van der Waals surface area contributed by atoms with Gasteiger partial charge in [-0.1, -0.05) is 0 Å². The molecule has 0 aliphatic heterocycles. The number of carbonyl (C=O) groups excluding carboxylic acids is 1. The van der Waals surface area contributed by atoms with Gasteiger partial charge >= 0.3 is 0 Å². The van der Waals surface area contributed by atoms with Crippen LogP contribution in [0.15, 0.2) is 18.2 Å². The van der Waals surface area contributed by atoms with Gasteiger partial charge < -0.3 is 25.6 Å². The Hall–Kier alpha value is -1.79. The van der Waals surface area contributed by atoms with Gasteiger partial charge in [0.15, 0.2) is 0 Å². The number of hydrogen-bond acceptors (Lipinski definition) is 5. The summed E-state index contributed by atoms with van der Waals surface area (Å²) in [6.45, 7) is 0.609. The lowest BCUT2D eigenvalue weighted by atomic mass is 10.1. The quantitative estimate of drug-likeness (QED) is 0.622. The standard InChI is InChI=1S/C13H20N2O4/c1-18-8-10(16)5-6-15-13(17)11-4-3-9(14)7-12(11)19-2/h3-4,7,10,16H,5-6,8,14H2,1-2H3,(H,15,17). The lowest BCUT2D eigenvalue weighted by molar-refractivity contribution is 0.0587. The molecule has 0 aliphatic carbocycles. The first-order valence-electron chi connectivity index (χ1n) is 5.97. The van der Waals surface area contributed by atoms with Crippen molar-refractivity contribution in [2.45, 2.75) is 12.5 Å². The van der Waals surface area contributed by atoms with E-state index in [1.54, 1.807) is 18.2 Å². The molecule has 0 fully saturated rings. The molecule has 0 aromatic heterocycles. The van der Waals surface area contributed by atoms with E-state index in [0.717, 1.165) is 0 Å². The number of rotatable bonds is 7. The first kappa shape index (κ1) is 15.3. The number of aliphatic hydroxyl groups is 1. The van der Waals surface area contributed by atoms with E-state index in [2.05, 4.69) is 5.32 Å². The van der Waals surface area contributed by atoms with Crippen molar-refractivity contribution >= 4 is 11.6 Å². The molecule has 0 aliphatic rings. The molecule has 19 heavy (non-hydrogen) atoms. The zero-order valence-electron chi connectivity index (χ0n) is 11.2. The van der Waals surface area contributed by atoms with Crippen LogP contribution in [0.5, 0.6) is 5.75 Å². The second-order valence-corrected chi connectivity index (χ2v) is 4.11. The molecule has 0 saturated carbocycles. The molecule has 1 unspecified atom stereocenters. The maximum atomic E-state index is 11.9. The maximum absolute atomic E-state index is 11.9. The molecule has 1 aromatic rings. The molecule has 0 heterocycles. The van der Waals surface area contributed by atoms with Crippen molar-refractivity contribution in [3.05, 3.63) is 23.8 Å². The summed E-state index contributed by atoms with van der Waals surface area (Å²) < 4.78 is 9.90. The second-order valence-electron chi connectivity index (χ2n) is 4.11. The van der Waals surface area contributed by atoms with Crippen molar-refractivity contribution < 1.29 is 19.4 Å². The Morgan fingerprint density at radius 1 is 1.47 bits per heavy atom. The molecule has 1 rings (SSSR count). The number of nitrogens with one attached hydrogen (secondary N) is 1. The molecule has 6 heteroatoms. The van der Waals surface area contributed by atoms with Gasteiger partial charge in [-0.25, -0.2) is 0 Å². The van der Waals surface area contributed by atoms with Crippen LogP contribution < -0.4 is 15.8 Å². The predicted molar refractivity (Wildman–Crippen MR) is 72.2 cm³/mol. The number of aliphatic hydroxyl groups excluding tert-OH is 1. The molecule has 0 radical (unpaired) electrons. The van der Waals surface area contributed by atoms with Gasteiger partial charge in [0.1, 0.15) is 5.75 Å². The lowest BCUT2D eigenvalue weighted by Gasteiger charge is -2.12. The van der Waals surface area contributed by atoms with Crippen LogP contribution in [0.1, 0.15) is 16.8 Å². The minimum Gasteiger partial charge on any atom is -0.496 e. The summed E-state index contributed by atoms with van der Waals surface area (Å²) in [6.07, 6.45) is -0.157. The Morgan fingerprint density at radius 3 is 2.84 bits per heavy atom. The summed E-state index contributed by atoms with van der Waals surface area (Å²) in [4.78, 5) is 11.9. The van der Waals surface area contributed by atoms with Crippen LogP contribution in [0.4, 0.5) is 5.69 Å². The minimum absolute atomic E-state index is 0.251. The Kier molecular flexibility index (Phi) is 6.11. The third kappa shape index (κ3) is 4.76. The molecule has 1 amide bonds. The highest BCUT2D eigenvalue weighted by Crippen LogP contribution is 2.21. The van der Waals surface area contributed by atoms with Gasteiger partial charge in [-0.2, -0.15) is 0 Å². The average molecular weight is 268 g/mol. The number of methoxy groups -OCH3 is 2. The SMILES string of the molecule is COCC(O)CCNC(=O)c1ccc(N)cc1OC. The normalized spacial score (nSPS) is 11.9. The Balaban J connectivity index is 2.54. The Labute approximate surface area is 112 Å². The highest BCUT2D eigenvalue weighted by atomic mass is 16.5. The highest BCUT2D eigenvalue weighted by Gasteiger charge is 2.12. The number of carbonyl (C=O) groups is 1. The number of nitrogen functional groups attached to an aromatic ring is 1. The molecule has 1 atom stereocenters. The molecular weight excluding hydrogens is 248 g/mol. The van der Waals surface area contributed by atoms with Crippen molar-refractivity contribution in [3.8, 4) is 5.75 Å². The number of anilines is 1. The van der Waals surface area contributed by atoms with E-state index in [4.69, 9.17) is 15.2 Å². The molecule has 0 bridgehead atoms. The van der Waals surface area contributed by atoms with Gasteiger partial charge in [0.25, 0.3) is 5.91 Å². The second kappa shape index (κ2) is 7.60.